The molecule has 0 saturated carbocycles. The Labute approximate surface area is 149 Å². The van der Waals surface area contributed by atoms with Crippen molar-refractivity contribution < 1.29 is 17.9 Å². The van der Waals surface area contributed by atoms with Crippen molar-refractivity contribution in [1.29, 1.82) is 0 Å². The van der Waals surface area contributed by atoms with E-state index in [1.807, 2.05) is 44.2 Å². The molecule has 6 heteroatoms. The number of ether oxygens (including phenoxy) is 1. The summed E-state index contributed by atoms with van der Waals surface area (Å²) >= 11 is 0. The van der Waals surface area contributed by atoms with Gasteiger partial charge in [-0.1, -0.05) is 44.2 Å². The Kier molecular flexibility index (Phi) is 6.33. The van der Waals surface area contributed by atoms with Crippen LogP contribution in [0.5, 0.6) is 0 Å². The zero-order valence-electron chi connectivity index (χ0n) is 14.6. The fourth-order valence-electron chi connectivity index (χ4n) is 2.47. The van der Waals surface area contributed by atoms with E-state index in [-0.39, 0.29) is 23.5 Å². The zero-order chi connectivity index (χ0) is 18.4. The molecule has 25 heavy (non-hydrogen) atoms. The van der Waals surface area contributed by atoms with E-state index < -0.39 is 16.0 Å². The van der Waals surface area contributed by atoms with Gasteiger partial charge in [-0.25, -0.2) is 17.9 Å². The Morgan fingerprint density at radius 2 is 1.64 bits per heavy atom. The molecule has 0 aliphatic heterocycles. The summed E-state index contributed by atoms with van der Waals surface area (Å²) in [5.41, 5.74) is 1.23. The molecule has 2 aromatic rings. The van der Waals surface area contributed by atoms with Crippen LogP contribution in [0.15, 0.2) is 59.5 Å². The third kappa shape index (κ3) is 4.90. The number of carbonyl (C=O) groups excluding carboxylic acids is 1. The maximum absolute atomic E-state index is 12.7. The van der Waals surface area contributed by atoms with E-state index >= 15 is 0 Å². The molecule has 0 amide bonds. The highest BCUT2D eigenvalue weighted by Gasteiger charge is 2.24. The maximum Gasteiger partial charge on any atom is 0.338 e. The van der Waals surface area contributed by atoms with E-state index in [2.05, 4.69) is 4.72 Å². The van der Waals surface area contributed by atoms with Gasteiger partial charge >= 0.3 is 5.97 Å². The summed E-state index contributed by atoms with van der Waals surface area (Å²) in [5, 5.41) is 0. The summed E-state index contributed by atoms with van der Waals surface area (Å²) in [4.78, 5) is 11.8. The quantitative estimate of drug-likeness (QED) is 0.766. The van der Waals surface area contributed by atoms with Gasteiger partial charge in [-0.2, -0.15) is 0 Å². The van der Waals surface area contributed by atoms with E-state index in [1.54, 1.807) is 6.92 Å². The van der Waals surface area contributed by atoms with Crippen molar-refractivity contribution in [3.05, 3.63) is 65.7 Å². The minimum Gasteiger partial charge on any atom is -0.462 e. The Bertz CT molecular complexity index is 799. The molecule has 0 aliphatic rings. The molecule has 2 rings (SSSR count). The number of benzene rings is 2. The molecule has 1 atom stereocenters. The smallest absolute Gasteiger partial charge is 0.338 e. The minimum atomic E-state index is -3.71. The first-order valence-electron chi connectivity index (χ1n) is 8.19. The highest BCUT2D eigenvalue weighted by Crippen LogP contribution is 2.24. The van der Waals surface area contributed by atoms with Crippen LogP contribution in [0.25, 0.3) is 0 Å². The monoisotopic (exact) mass is 361 g/mol. The second-order valence-electron chi connectivity index (χ2n) is 6.00. The highest BCUT2D eigenvalue weighted by atomic mass is 32.2. The van der Waals surface area contributed by atoms with Gasteiger partial charge in [-0.05, 0) is 42.7 Å². The van der Waals surface area contributed by atoms with Crippen molar-refractivity contribution in [2.75, 3.05) is 6.61 Å². The molecule has 0 aromatic heterocycles. The normalized spacial score (nSPS) is 12.8. The summed E-state index contributed by atoms with van der Waals surface area (Å²) in [6.07, 6.45) is 0. The average Bonchev–Trinajstić information content (AvgIpc) is 2.60. The maximum atomic E-state index is 12.7. The van der Waals surface area contributed by atoms with Gasteiger partial charge in [0.15, 0.2) is 0 Å². The Morgan fingerprint density at radius 1 is 1.04 bits per heavy atom. The molecular weight excluding hydrogens is 338 g/mol. The number of rotatable bonds is 7. The molecule has 0 saturated heterocycles. The predicted octanol–water partition coefficient (Wildman–Crippen LogP) is 3.54. The van der Waals surface area contributed by atoms with Gasteiger partial charge in [0.1, 0.15) is 0 Å². The molecule has 134 valence electrons. The van der Waals surface area contributed by atoms with E-state index in [4.69, 9.17) is 4.74 Å². The first kappa shape index (κ1) is 19.1. The molecule has 1 N–H and O–H groups in total. The topological polar surface area (TPSA) is 72.5 Å². The average molecular weight is 361 g/mol. The molecule has 0 unspecified atom stereocenters. The van der Waals surface area contributed by atoms with Crippen LogP contribution in [-0.2, 0) is 14.8 Å². The summed E-state index contributed by atoms with van der Waals surface area (Å²) in [6.45, 7) is 5.91. The van der Waals surface area contributed by atoms with Crippen molar-refractivity contribution in [1.82, 2.24) is 4.72 Å². The lowest BCUT2D eigenvalue weighted by Crippen LogP contribution is -2.31. The number of hydrogen-bond donors (Lipinski definition) is 1. The van der Waals surface area contributed by atoms with Gasteiger partial charge in [0, 0.05) is 6.04 Å². The lowest BCUT2D eigenvalue weighted by molar-refractivity contribution is 0.0526. The van der Waals surface area contributed by atoms with Crippen molar-refractivity contribution in [3.8, 4) is 0 Å². The molecule has 0 radical (unpaired) electrons. The Morgan fingerprint density at radius 3 is 2.16 bits per heavy atom. The van der Waals surface area contributed by atoms with Crippen LogP contribution in [0.1, 0.15) is 42.7 Å². The first-order valence-corrected chi connectivity index (χ1v) is 9.68. The molecule has 0 fully saturated rings. The summed E-state index contributed by atoms with van der Waals surface area (Å²) in [6, 6.07) is 14.9. The summed E-state index contributed by atoms with van der Waals surface area (Å²) < 4.78 is 33.1. The second kappa shape index (κ2) is 8.27. The number of carbonyl (C=O) groups is 1. The molecular formula is C19H23NO4S. The number of esters is 1. The molecule has 0 bridgehead atoms. The highest BCUT2D eigenvalue weighted by molar-refractivity contribution is 7.89. The van der Waals surface area contributed by atoms with Crippen molar-refractivity contribution >= 4 is 16.0 Å². The van der Waals surface area contributed by atoms with Gasteiger partial charge in [-0.15, -0.1) is 0 Å². The Balaban J connectivity index is 2.24. The molecule has 5 nitrogen and oxygen atoms in total. The lowest BCUT2D eigenvalue weighted by Gasteiger charge is -2.22. The Hall–Kier alpha value is -2.18. The third-order valence-electron chi connectivity index (χ3n) is 3.78. The van der Waals surface area contributed by atoms with Crippen LogP contribution >= 0.6 is 0 Å². The van der Waals surface area contributed by atoms with Gasteiger partial charge in [0.2, 0.25) is 10.0 Å². The largest absolute Gasteiger partial charge is 0.462 e. The van der Waals surface area contributed by atoms with Gasteiger partial charge < -0.3 is 4.74 Å². The van der Waals surface area contributed by atoms with Gasteiger partial charge in [-0.3, -0.25) is 0 Å². The minimum absolute atomic E-state index is 0.0796. The lowest BCUT2D eigenvalue weighted by atomic mass is 9.97. The number of sulfonamides is 1. The molecule has 0 spiro atoms. The fraction of sp³-hybridized carbons (Fsp3) is 0.316. The standard InChI is InChI=1S/C19H23NO4S/c1-4-24-19(21)16-10-12-17(13-11-16)25(22,23)20-18(14(2)3)15-8-6-5-7-9-15/h5-14,18,20H,4H2,1-3H3/t18-/m1/s1. The molecule has 2 aromatic carbocycles. The van der Waals surface area contributed by atoms with E-state index in [1.165, 1.54) is 24.3 Å². The van der Waals surface area contributed by atoms with Crippen LogP contribution in [0.2, 0.25) is 0 Å². The number of nitrogens with one attached hydrogen (secondary N) is 1. The predicted molar refractivity (Wildman–Crippen MR) is 96.7 cm³/mol. The molecule has 0 heterocycles. The summed E-state index contributed by atoms with van der Waals surface area (Å²) in [5.74, 6) is -0.389. The second-order valence-corrected chi connectivity index (χ2v) is 7.71. The van der Waals surface area contributed by atoms with Crippen LogP contribution in [0.3, 0.4) is 0 Å². The van der Waals surface area contributed by atoms with E-state index in [0.717, 1.165) is 5.56 Å². The van der Waals surface area contributed by atoms with Crippen LogP contribution < -0.4 is 4.72 Å². The van der Waals surface area contributed by atoms with Crippen LogP contribution in [-0.4, -0.2) is 21.0 Å². The van der Waals surface area contributed by atoms with Crippen molar-refractivity contribution in [2.24, 2.45) is 5.92 Å². The SMILES string of the molecule is CCOC(=O)c1ccc(S(=O)(=O)N[C@@H](c2ccccc2)C(C)C)cc1. The first-order chi connectivity index (χ1) is 11.8. The van der Waals surface area contributed by atoms with E-state index in [0.29, 0.717) is 5.56 Å². The van der Waals surface area contributed by atoms with Gasteiger partial charge in [0.05, 0.1) is 17.1 Å². The third-order valence-corrected chi connectivity index (χ3v) is 5.24. The van der Waals surface area contributed by atoms with Crippen LogP contribution in [0, 0.1) is 5.92 Å². The molecule has 0 aliphatic carbocycles. The summed E-state index contributed by atoms with van der Waals surface area (Å²) in [7, 11) is -3.71. The van der Waals surface area contributed by atoms with Gasteiger partial charge in [0.25, 0.3) is 0 Å². The van der Waals surface area contributed by atoms with Crippen molar-refractivity contribution in [3.63, 3.8) is 0 Å². The van der Waals surface area contributed by atoms with E-state index in [9.17, 15) is 13.2 Å². The number of hydrogen-bond acceptors (Lipinski definition) is 4. The van der Waals surface area contributed by atoms with Crippen LogP contribution in [0.4, 0.5) is 0 Å². The zero-order valence-corrected chi connectivity index (χ0v) is 15.4. The van der Waals surface area contributed by atoms with Crippen molar-refractivity contribution in [2.45, 2.75) is 31.7 Å². The fourth-order valence-corrected chi connectivity index (χ4v) is 3.84.